The number of nitrogens with zero attached hydrogens (tertiary/aromatic N) is 1. The second-order valence-corrected chi connectivity index (χ2v) is 8.27. The van der Waals surface area contributed by atoms with Crippen molar-refractivity contribution in [3.63, 3.8) is 0 Å². The van der Waals surface area contributed by atoms with Crippen LogP contribution in [0.4, 0.5) is 0 Å². The van der Waals surface area contributed by atoms with Crippen molar-refractivity contribution in [2.45, 2.75) is 30.6 Å². The van der Waals surface area contributed by atoms with E-state index in [0.29, 0.717) is 12.3 Å². The van der Waals surface area contributed by atoms with Crippen LogP contribution in [0, 0.1) is 0 Å². The molecule has 1 aromatic carbocycles. The van der Waals surface area contributed by atoms with Gasteiger partial charge in [0.1, 0.15) is 0 Å². The van der Waals surface area contributed by atoms with Crippen LogP contribution >= 0.6 is 0 Å². The number of nitrogens with two attached hydrogens (primary N) is 1. The summed E-state index contributed by atoms with van der Waals surface area (Å²) in [6, 6.07) is 8.87. The number of benzene rings is 1. The molecule has 4 nitrogen and oxygen atoms in total. The van der Waals surface area contributed by atoms with Crippen molar-refractivity contribution in [3.05, 3.63) is 35.4 Å². The number of sulfone groups is 1. The molecular weight excluding hydrogens is 272 g/mol. The molecule has 2 N–H and O–H groups in total. The van der Waals surface area contributed by atoms with E-state index < -0.39 is 9.84 Å². The molecule has 0 aliphatic carbocycles. The fourth-order valence-electron chi connectivity index (χ4n) is 3.36. The van der Waals surface area contributed by atoms with Gasteiger partial charge in [0.2, 0.25) is 0 Å². The van der Waals surface area contributed by atoms with E-state index in [1.54, 1.807) is 0 Å². The predicted octanol–water partition coefficient (Wildman–Crippen LogP) is 0.602. The van der Waals surface area contributed by atoms with E-state index in [9.17, 15) is 8.42 Å². The molecular formula is C15H22N2O2S. The third-order valence-corrected chi connectivity index (χ3v) is 6.77. The van der Waals surface area contributed by atoms with Crippen LogP contribution in [0.2, 0.25) is 0 Å². The smallest absolute Gasteiger partial charge is 0.156 e. The van der Waals surface area contributed by atoms with Gasteiger partial charge in [-0.1, -0.05) is 24.3 Å². The Bertz CT molecular complexity index is 568. The highest BCUT2D eigenvalue weighted by atomic mass is 32.2. The zero-order valence-corrected chi connectivity index (χ0v) is 12.5. The van der Waals surface area contributed by atoms with Crippen LogP contribution in [0.1, 0.15) is 17.5 Å². The van der Waals surface area contributed by atoms with Gasteiger partial charge in [-0.05, 0) is 36.9 Å². The number of rotatable bonds is 5. The van der Waals surface area contributed by atoms with Crippen LogP contribution in [0.3, 0.4) is 0 Å². The lowest BCUT2D eigenvalue weighted by atomic mass is 10.1. The summed E-state index contributed by atoms with van der Waals surface area (Å²) in [5, 5.41) is -0.0977. The fraction of sp³-hybridized carbons (Fsp3) is 0.600. The highest BCUT2D eigenvalue weighted by Gasteiger charge is 2.47. The maximum atomic E-state index is 11.7. The lowest BCUT2D eigenvalue weighted by molar-refractivity contribution is 0.269. The highest BCUT2D eigenvalue weighted by Crippen LogP contribution is 2.32. The van der Waals surface area contributed by atoms with E-state index in [1.807, 2.05) is 0 Å². The summed E-state index contributed by atoms with van der Waals surface area (Å²) in [6.45, 7) is 2.38. The Balaban J connectivity index is 1.54. The predicted molar refractivity (Wildman–Crippen MR) is 80.5 cm³/mol. The lowest BCUT2D eigenvalue weighted by Crippen LogP contribution is -2.41. The molecule has 2 unspecified atom stereocenters. The van der Waals surface area contributed by atoms with Crippen molar-refractivity contribution < 1.29 is 8.42 Å². The molecule has 0 amide bonds. The lowest BCUT2D eigenvalue weighted by Gasteiger charge is -2.26. The first-order valence-corrected chi connectivity index (χ1v) is 9.03. The first-order chi connectivity index (χ1) is 9.58. The minimum Gasteiger partial charge on any atom is -0.330 e. The van der Waals surface area contributed by atoms with Crippen LogP contribution in [0.15, 0.2) is 24.3 Å². The van der Waals surface area contributed by atoms with Gasteiger partial charge >= 0.3 is 0 Å². The second kappa shape index (κ2) is 5.47. The molecule has 0 radical (unpaired) electrons. The molecule has 0 saturated carbocycles. The van der Waals surface area contributed by atoms with Crippen molar-refractivity contribution in [2.75, 3.05) is 25.4 Å². The molecule has 2 fully saturated rings. The molecule has 2 atom stereocenters. The van der Waals surface area contributed by atoms with Gasteiger partial charge in [-0.2, -0.15) is 0 Å². The largest absolute Gasteiger partial charge is 0.330 e. The minimum absolute atomic E-state index is 0.0977. The van der Waals surface area contributed by atoms with E-state index >= 15 is 0 Å². The molecule has 20 heavy (non-hydrogen) atoms. The van der Waals surface area contributed by atoms with Crippen molar-refractivity contribution >= 4 is 9.84 Å². The van der Waals surface area contributed by atoms with E-state index in [2.05, 4.69) is 29.2 Å². The van der Waals surface area contributed by atoms with Gasteiger partial charge in [0.15, 0.2) is 9.84 Å². The van der Waals surface area contributed by atoms with Crippen LogP contribution in [-0.2, 0) is 22.7 Å². The summed E-state index contributed by atoms with van der Waals surface area (Å²) in [7, 11) is -2.77. The zero-order chi connectivity index (χ0) is 14.2. The monoisotopic (exact) mass is 294 g/mol. The topological polar surface area (TPSA) is 63.4 Å². The summed E-state index contributed by atoms with van der Waals surface area (Å²) in [5.74, 6) is 0.368. The summed E-state index contributed by atoms with van der Waals surface area (Å²) < 4.78 is 23.4. The van der Waals surface area contributed by atoms with Gasteiger partial charge in [-0.25, -0.2) is 8.42 Å². The maximum absolute atomic E-state index is 11.7. The third kappa shape index (κ3) is 2.75. The van der Waals surface area contributed by atoms with Gasteiger partial charge in [-0.3, -0.25) is 4.90 Å². The van der Waals surface area contributed by atoms with Crippen molar-refractivity contribution in [3.8, 4) is 0 Å². The summed E-state index contributed by atoms with van der Waals surface area (Å²) in [4.78, 5) is 2.35. The second-order valence-electron chi connectivity index (χ2n) is 5.94. The molecule has 2 aliphatic heterocycles. The van der Waals surface area contributed by atoms with Gasteiger partial charge in [0.25, 0.3) is 0 Å². The van der Waals surface area contributed by atoms with Crippen LogP contribution in [0.25, 0.3) is 0 Å². The molecule has 2 heterocycles. The molecule has 5 heteroatoms. The quantitative estimate of drug-likeness (QED) is 0.864. The SMILES string of the molecule is NCCc1ccc(CCN2CC3CC2CS3(=O)=O)cc1. The number of likely N-dealkylation sites (tertiary alicyclic amines) is 1. The standard InChI is InChI=1S/C15H22N2O2S/c16-7-5-12-1-3-13(4-2-12)6-8-17-10-15-9-14(17)11-20(15,18)19/h1-4,14-15H,5-11,16H2. The number of hydrogen-bond donors (Lipinski definition) is 1. The molecule has 0 aromatic heterocycles. The normalized spacial score (nSPS) is 28.1. The Morgan fingerprint density at radius 2 is 1.80 bits per heavy atom. The Morgan fingerprint density at radius 3 is 2.30 bits per heavy atom. The summed E-state index contributed by atoms with van der Waals surface area (Å²) >= 11 is 0. The van der Waals surface area contributed by atoms with E-state index in [1.165, 1.54) is 11.1 Å². The number of fused-ring (bicyclic) bond motifs is 2. The maximum Gasteiger partial charge on any atom is 0.156 e. The van der Waals surface area contributed by atoms with Crippen molar-refractivity contribution in [2.24, 2.45) is 5.73 Å². The van der Waals surface area contributed by atoms with Crippen molar-refractivity contribution in [1.82, 2.24) is 4.90 Å². The van der Waals surface area contributed by atoms with Crippen LogP contribution in [0.5, 0.6) is 0 Å². The van der Waals surface area contributed by atoms with E-state index in [4.69, 9.17) is 5.73 Å². The Morgan fingerprint density at radius 1 is 1.15 bits per heavy atom. The minimum atomic E-state index is -2.77. The molecule has 3 rings (SSSR count). The molecule has 2 aliphatic rings. The molecule has 0 spiro atoms. The first-order valence-electron chi connectivity index (χ1n) is 7.32. The van der Waals surface area contributed by atoms with Gasteiger partial charge in [0.05, 0.1) is 11.0 Å². The van der Waals surface area contributed by atoms with Crippen molar-refractivity contribution in [1.29, 1.82) is 0 Å². The average Bonchev–Trinajstić information content (AvgIpc) is 2.94. The molecule has 1 aromatic rings. The first kappa shape index (κ1) is 14.0. The third-order valence-electron chi connectivity index (χ3n) is 4.57. The summed E-state index contributed by atoms with van der Waals surface area (Å²) in [6.07, 6.45) is 2.76. The average molecular weight is 294 g/mol. The Kier molecular flexibility index (Phi) is 3.84. The Labute approximate surface area is 120 Å². The van der Waals surface area contributed by atoms with Crippen LogP contribution in [-0.4, -0.2) is 50.0 Å². The molecule has 2 saturated heterocycles. The van der Waals surface area contributed by atoms with E-state index in [0.717, 1.165) is 32.4 Å². The van der Waals surface area contributed by atoms with Gasteiger partial charge in [0, 0.05) is 19.1 Å². The Hall–Kier alpha value is -0.910. The highest BCUT2D eigenvalue weighted by molar-refractivity contribution is 7.92. The molecule has 110 valence electrons. The molecule has 2 bridgehead atoms. The van der Waals surface area contributed by atoms with Gasteiger partial charge < -0.3 is 5.73 Å². The van der Waals surface area contributed by atoms with E-state index in [-0.39, 0.29) is 11.3 Å². The summed E-state index contributed by atoms with van der Waals surface area (Å²) in [5.41, 5.74) is 8.14. The number of hydrogen-bond acceptors (Lipinski definition) is 4. The van der Waals surface area contributed by atoms with Crippen LogP contribution < -0.4 is 5.73 Å². The van der Waals surface area contributed by atoms with Gasteiger partial charge in [-0.15, -0.1) is 0 Å². The fourth-order valence-corrected chi connectivity index (χ4v) is 5.45. The zero-order valence-electron chi connectivity index (χ0n) is 11.7.